The van der Waals surface area contributed by atoms with Crippen LogP contribution in [0.2, 0.25) is 0 Å². The third-order valence-corrected chi connectivity index (χ3v) is 4.42. The van der Waals surface area contributed by atoms with E-state index in [1.165, 1.54) is 51.4 Å². The van der Waals surface area contributed by atoms with Crippen LogP contribution in [0.1, 0.15) is 77.6 Å². The smallest absolute Gasteiger partial charge is 0.325 e. The van der Waals surface area contributed by atoms with Crippen LogP contribution < -0.4 is 0 Å². The predicted octanol–water partition coefficient (Wildman–Crippen LogP) is 3.64. The Morgan fingerprint density at radius 1 is 1.04 bits per heavy atom. The molecule has 0 aromatic carbocycles. The van der Waals surface area contributed by atoms with Crippen LogP contribution in [-0.2, 0) is 14.3 Å². The molecule has 0 unspecified atom stereocenters. The lowest BCUT2D eigenvalue weighted by molar-refractivity contribution is -0.144. The number of amidine groups is 1. The second kappa shape index (κ2) is 13.7. The molecular formula is C19H34N2O4. The predicted molar refractivity (Wildman–Crippen MR) is 98.9 cm³/mol. The van der Waals surface area contributed by atoms with E-state index in [-0.39, 0.29) is 18.9 Å². The van der Waals surface area contributed by atoms with Crippen molar-refractivity contribution in [3.05, 3.63) is 0 Å². The van der Waals surface area contributed by atoms with Gasteiger partial charge >= 0.3 is 11.9 Å². The second-order valence-corrected chi connectivity index (χ2v) is 6.69. The van der Waals surface area contributed by atoms with Gasteiger partial charge in [0.15, 0.2) is 0 Å². The molecule has 0 atom stereocenters. The van der Waals surface area contributed by atoms with Crippen LogP contribution in [0.25, 0.3) is 0 Å². The quantitative estimate of drug-likeness (QED) is 0.359. The van der Waals surface area contributed by atoms with Crippen molar-refractivity contribution in [2.75, 3.05) is 26.2 Å². The van der Waals surface area contributed by atoms with Crippen molar-refractivity contribution in [1.82, 2.24) is 4.90 Å². The zero-order valence-electron chi connectivity index (χ0n) is 15.7. The number of carboxylic acids is 1. The van der Waals surface area contributed by atoms with Crippen LogP contribution in [-0.4, -0.2) is 54.0 Å². The fourth-order valence-electron chi connectivity index (χ4n) is 2.98. The molecule has 0 fully saturated rings. The molecule has 1 heterocycles. The summed E-state index contributed by atoms with van der Waals surface area (Å²) in [5.41, 5.74) is 0. The van der Waals surface area contributed by atoms with Crippen LogP contribution in [0.4, 0.5) is 0 Å². The first kappa shape index (κ1) is 21.5. The second-order valence-electron chi connectivity index (χ2n) is 6.69. The summed E-state index contributed by atoms with van der Waals surface area (Å²) in [6, 6.07) is 0. The Hall–Kier alpha value is -1.59. The molecule has 6 nitrogen and oxygen atoms in total. The summed E-state index contributed by atoms with van der Waals surface area (Å²) in [6.07, 6.45) is 12.3. The summed E-state index contributed by atoms with van der Waals surface area (Å²) in [7, 11) is 0. The molecule has 1 N–H and O–H groups in total. The number of aliphatic imine (C=N–C) groups is 1. The van der Waals surface area contributed by atoms with E-state index < -0.39 is 5.97 Å². The Kier molecular flexibility index (Phi) is 11.7. The summed E-state index contributed by atoms with van der Waals surface area (Å²) in [5, 5.41) is 8.82. The first-order valence-electron chi connectivity index (χ1n) is 9.79. The third-order valence-electron chi connectivity index (χ3n) is 4.42. The molecule has 6 heteroatoms. The Morgan fingerprint density at radius 3 is 2.24 bits per heavy atom. The van der Waals surface area contributed by atoms with Gasteiger partial charge in [0.1, 0.15) is 18.8 Å². The minimum absolute atomic E-state index is 0.101. The first-order chi connectivity index (χ1) is 12.1. The lowest BCUT2D eigenvalue weighted by Crippen LogP contribution is -2.35. The number of rotatable bonds is 15. The molecule has 0 radical (unpaired) electrons. The minimum atomic E-state index is -0.926. The topological polar surface area (TPSA) is 79.2 Å². The number of carbonyl (C=O) groups excluding carboxylic acids is 1. The van der Waals surface area contributed by atoms with Crippen LogP contribution >= 0.6 is 0 Å². The highest BCUT2D eigenvalue weighted by Crippen LogP contribution is 2.10. The number of esters is 1. The van der Waals surface area contributed by atoms with E-state index in [2.05, 4.69) is 11.9 Å². The van der Waals surface area contributed by atoms with Crippen LogP contribution in [0.15, 0.2) is 4.99 Å². The Balaban J connectivity index is 1.95. The largest absolute Gasteiger partial charge is 0.481 e. The molecule has 0 bridgehead atoms. The number of aliphatic carboxylic acids is 1. The van der Waals surface area contributed by atoms with Crippen LogP contribution in [0.3, 0.4) is 0 Å². The number of hydrogen-bond donors (Lipinski definition) is 1. The number of carbonyl (C=O) groups is 2. The van der Waals surface area contributed by atoms with E-state index >= 15 is 0 Å². The van der Waals surface area contributed by atoms with Crippen molar-refractivity contribution in [2.24, 2.45) is 4.99 Å². The molecule has 1 aliphatic heterocycles. The van der Waals surface area contributed by atoms with E-state index in [4.69, 9.17) is 9.84 Å². The molecule has 1 rings (SSSR count). The fraction of sp³-hybridized carbons (Fsp3) is 0.842. The standard InChI is InChI=1S/C19H34N2O4/c1-2-3-4-5-6-7-8-9-10-11-14-25-19(24)16-21-13-12-20-17(21)15-18(22)23/h2-16H2,1H3,(H,22,23). The minimum Gasteiger partial charge on any atom is -0.481 e. The highest BCUT2D eigenvalue weighted by molar-refractivity contribution is 5.98. The normalized spacial score (nSPS) is 13.8. The van der Waals surface area contributed by atoms with Crippen molar-refractivity contribution in [2.45, 2.75) is 77.6 Å². The van der Waals surface area contributed by atoms with Gasteiger partial charge in [-0.05, 0) is 6.42 Å². The van der Waals surface area contributed by atoms with Crippen molar-refractivity contribution in [3.63, 3.8) is 0 Å². The lowest BCUT2D eigenvalue weighted by atomic mass is 10.1. The molecule has 144 valence electrons. The highest BCUT2D eigenvalue weighted by Gasteiger charge is 2.22. The summed E-state index contributed by atoms with van der Waals surface area (Å²) >= 11 is 0. The van der Waals surface area contributed by atoms with Gasteiger partial charge in [0.2, 0.25) is 0 Å². The molecular weight excluding hydrogens is 320 g/mol. The number of hydrogen-bond acceptors (Lipinski definition) is 5. The summed E-state index contributed by atoms with van der Waals surface area (Å²) < 4.78 is 5.25. The van der Waals surface area contributed by atoms with E-state index in [0.29, 0.717) is 25.5 Å². The Morgan fingerprint density at radius 2 is 1.64 bits per heavy atom. The van der Waals surface area contributed by atoms with Gasteiger partial charge in [0.25, 0.3) is 0 Å². The molecule has 0 aromatic heterocycles. The highest BCUT2D eigenvalue weighted by atomic mass is 16.5. The molecule has 0 spiro atoms. The average Bonchev–Trinajstić information content (AvgIpc) is 2.98. The molecule has 0 saturated heterocycles. The number of ether oxygens (including phenoxy) is 1. The van der Waals surface area contributed by atoms with E-state index in [1.807, 2.05) is 0 Å². The monoisotopic (exact) mass is 354 g/mol. The van der Waals surface area contributed by atoms with Gasteiger partial charge in [-0.2, -0.15) is 0 Å². The average molecular weight is 354 g/mol. The third kappa shape index (κ3) is 10.8. The maximum atomic E-state index is 11.8. The molecule has 0 amide bonds. The zero-order chi connectivity index (χ0) is 18.3. The van der Waals surface area contributed by atoms with Gasteiger partial charge in [-0.15, -0.1) is 0 Å². The maximum Gasteiger partial charge on any atom is 0.325 e. The lowest BCUT2D eigenvalue weighted by Gasteiger charge is -2.18. The molecule has 0 saturated carbocycles. The van der Waals surface area contributed by atoms with Gasteiger partial charge in [0.05, 0.1) is 13.2 Å². The number of carboxylic acid groups (broad SMARTS) is 1. The van der Waals surface area contributed by atoms with Crippen LogP contribution in [0.5, 0.6) is 0 Å². The number of unbranched alkanes of at least 4 members (excludes halogenated alkanes) is 9. The van der Waals surface area contributed by atoms with Gasteiger partial charge in [-0.1, -0.05) is 64.7 Å². The summed E-state index contributed by atoms with van der Waals surface area (Å²) in [5.74, 6) is -0.747. The van der Waals surface area contributed by atoms with Crippen molar-refractivity contribution in [1.29, 1.82) is 0 Å². The Labute approximate surface area is 151 Å². The maximum absolute atomic E-state index is 11.8. The SMILES string of the molecule is CCCCCCCCCCCCOC(=O)CN1CCN=C1CC(=O)O. The Bertz CT molecular complexity index is 424. The summed E-state index contributed by atoms with van der Waals surface area (Å²) in [4.78, 5) is 28.4. The van der Waals surface area contributed by atoms with Gasteiger partial charge in [-0.3, -0.25) is 14.6 Å². The number of nitrogens with zero attached hydrogens (tertiary/aromatic N) is 2. The van der Waals surface area contributed by atoms with Crippen molar-refractivity contribution < 1.29 is 19.4 Å². The zero-order valence-corrected chi connectivity index (χ0v) is 15.7. The van der Waals surface area contributed by atoms with E-state index in [1.54, 1.807) is 4.90 Å². The van der Waals surface area contributed by atoms with Crippen LogP contribution in [0, 0.1) is 0 Å². The summed E-state index contributed by atoms with van der Waals surface area (Å²) in [6.45, 7) is 3.93. The molecule has 25 heavy (non-hydrogen) atoms. The molecule has 1 aliphatic rings. The van der Waals surface area contributed by atoms with Gasteiger partial charge < -0.3 is 14.7 Å². The van der Waals surface area contributed by atoms with Crippen molar-refractivity contribution in [3.8, 4) is 0 Å². The first-order valence-corrected chi connectivity index (χ1v) is 9.79. The molecule has 0 aliphatic carbocycles. The van der Waals surface area contributed by atoms with E-state index in [0.717, 1.165) is 12.8 Å². The fourth-order valence-corrected chi connectivity index (χ4v) is 2.98. The van der Waals surface area contributed by atoms with Gasteiger partial charge in [0, 0.05) is 6.54 Å². The molecule has 0 aromatic rings. The van der Waals surface area contributed by atoms with Gasteiger partial charge in [-0.25, -0.2) is 0 Å². The van der Waals surface area contributed by atoms with E-state index in [9.17, 15) is 9.59 Å². The van der Waals surface area contributed by atoms with Crippen molar-refractivity contribution >= 4 is 17.8 Å².